The molecule has 0 unspecified atom stereocenters. The highest BCUT2D eigenvalue weighted by molar-refractivity contribution is 8.18. The maximum absolute atomic E-state index is 14.2. The number of anilines is 1. The van der Waals surface area contributed by atoms with Crippen LogP contribution in [0.15, 0.2) is 65.6 Å². The summed E-state index contributed by atoms with van der Waals surface area (Å²) in [7, 11) is 1.51. The van der Waals surface area contributed by atoms with E-state index in [2.05, 4.69) is 5.32 Å². The van der Waals surface area contributed by atoms with Crippen LogP contribution in [0.4, 0.5) is 14.9 Å². The minimum Gasteiger partial charge on any atom is -0.495 e. The second-order valence-corrected chi connectivity index (χ2v) is 9.54. The Hall–Kier alpha value is -4.02. The van der Waals surface area contributed by atoms with Gasteiger partial charge in [0.1, 0.15) is 11.6 Å². The molecule has 8 nitrogen and oxygen atoms in total. The van der Waals surface area contributed by atoms with Crippen molar-refractivity contribution < 1.29 is 33.0 Å². The van der Waals surface area contributed by atoms with E-state index in [-0.39, 0.29) is 28.6 Å². The molecule has 3 amide bonds. The zero-order valence-corrected chi connectivity index (χ0v) is 22.6. The van der Waals surface area contributed by atoms with Crippen LogP contribution in [-0.2, 0) is 16.1 Å². The summed E-state index contributed by atoms with van der Waals surface area (Å²) in [5.74, 6) is -0.351. The summed E-state index contributed by atoms with van der Waals surface area (Å²) in [6, 6.07) is 16.1. The number of thioether (sulfide) groups is 1. The quantitative estimate of drug-likeness (QED) is 0.293. The van der Waals surface area contributed by atoms with Gasteiger partial charge in [0.05, 0.1) is 30.9 Å². The number of hydrogen-bond acceptors (Lipinski definition) is 7. The van der Waals surface area contributed by atoms with Crippen molar-refractivity contribution in [3.05, 3.63) is 87.5 Å². The molecule has 1 N–H and O–H groups in total. The number of benzene rings is 3. The van der Waals surface area contributed by atoms with Crippen molar-refractivity contribution in [2.45, 2.75) is 13.5 Å². The highest BCUT2D eigenvalue weighted by atomic mass is 35.5. The molecule has 0 atom stereocenters. The molecule has 1 heterocycles. The van der Waals surface area contributed by atoms with Gasteiger partial charge in [-0.3, -0.25) is 19.3 Å². The lowest BCUT2D eigenvalue weighted by molar-refractivity contribution is -0.123. The van der Waals surface area contributed by atoms with E-state index in [1.807, 2.05) is 0 Å². The number of ether oxygens (including phenoxy) is 3. The molecule has 0 bridgehead atoms. The summed E-state index contributed by atoms with van der Waals surface area (Å²) in [6.45, 7) is 1.56. The lowest BCUT2D eigenvalue weighted by Gasteiger charge is -2.14. The first kappa shape index (κ1) is 28.0. The summed E-state index contributed by atoms with van der Waals surface area (Å²) in [5.41, 5.74) is 1.15. The Labute approximate surface area is 233 Å². The molecule has 11 heteroatoms. The van der Waals surface area contributed by atoms with Crippen molar-refractivity contribution in [2.24, 2.45) is 0 Å². The van der Waals surface area contributed by atoms with E-state index in [4.69, 9.17) is 25.8 Å². The fourth-order valence-corrected chi connectivity index (χ4v) is 4.77. The van der Waals surface area contributed by atoms with Crippen molar-refractivity contribution in [3.63, 3.8) is 0 Å². The van der Waals surface area contributed by atoms with Crippen molar-refractivity contribution >= 4 is 52.2 Å². The number of halogens is 2. The summed E-state index contributed by atoms with van der Waals surface area (Å²) in [6.07, 6.45) is 1.54. The van der Waals surface area contributed by atoms with Gasteiger partial charge in [-0.1, -0.05) is 35.9 Å². The molecule has 3 aromatic carbocycles. The first-order valence-electron chi connectivity index (χ1n) is 11.8. The standard InChI is InChI=1S/C28H24ClFN2O6S/c1-3-37-24-13-17(11-12-23(24)38-16-26(33)31-21-9-4-5-10-22(21)36-2)14-25-27(34)32(28(35)39-25)15-18-19(29)7-6-8-20(18)30/h4-14H,3,15-16H2,1-2H3,(H,31,33)/b25-14-. The second kappa shape index (κ2) is 12.7. The van der Waals surface area contributed by atoms with Crippen LogP contribution in [0.2, 0.25) is 5.02 Å². The molecule has 0 radical (unpaired) electrons. The Balaban J connectivity index is 1.46. The largest absolute Gasteiger partial charge is 0.495 e. The van der Waals surface area contributed by atoms with Gasteiger partial charge in [-0.15, -0.1) is 0 Å². The van der Waals surface area contributed by atoms with Crippen LogP contribution in [0.5, 0.6) is 17.2 Å². The van der Waals surface area contributed by atoms with Crippen LogP contribution in [-0.4, -0.2) is 42.3 Å². The Morgan fingerprint density at radius 3 is 2.59 bits per heavy atom. The van der Waals surface area contributed by atoms with Gasteiger partial charge >= 0.3 is 0 Å². The minimum atomic E-state index is -0.598. The van der Waals surface area contributed by atoms with E-state index in [1.54, 1.807) is 49.4 Å². The van der Waals surface area contributed by atoms with E-state index in [0.717, 1.165) is 16.7 Å². The normalized spacial score (nSPS) is 14.1. The smallest absolute Gasteiger partial charge is 0.293 e. The number of nitrogens with one attached hydrogen (secondary N) is 1. The molecule has 0 spiro atoms. The SMILES string of the molecule is CCOc1cc(/C=C2\SC(=O)N(Cc3c(F)cccc3Cl)C2=O)ccc1OCC(=O)Nc1ccccc1OC. The summed E-state index contributed by atoms with van der Waals surface area (Å²) < 4.78 is 30.8. The number of carbonyl (C=O) groups is 3. The van der Waals surface area contributed by atoms with Crippen LogP contribution in [0, 0.1) is 5.82 Å². The van der Waals surface area contributed by atoms with Gasteiger partial charge in [0, 0.05) is 10.6 Å². The molecule has 3 aromatic rings. The monoisotopic (exact) mass is 570 g/mol. The fraction of sp³-hybridized carbons (Fsp3) is 0.179. The van der Waals surface area contributed by atoms with E-state index in [9.17, 15) is 18.8 Å². The van der Waals surface area contributed by atoms with E-state index >= 15 is 0 Å². The lowest BCUT2D eigenvalue weighted by Crippen LogP contribution is -2.28. The van der Waals surface area contributed by atoms with Crippen LogP contribution in [0.25, 0.3) is 6.08 Å². The third-order valence-electron chi connectivity index (χ3n) is 5.56. The minimum absolute atomic E-state index is 0.0672. The van der Waals surface area contributed by atoms with Crippen LogP contribution in [0.1, 0.15) is 18.1 Å². The number of rotatable bonds is 10. The molecular weight excluding hydrogens is 547 g/mol. The average molecular weight is 571 g/mol. The van der Waals surface area contributed by atoms with Gasteiger partial charge in [-0.05, 0) is 66.7 Å². The molecule has 1 fully saturated rings. The van der Waals surface area contributed by atoms with Crippen LogP contribution in [0.3, 0.4) is 0 Å². The predicted octanol–water partition coefficient (Wildman–Crippen LogP) is 6.14. The van der Waals surface area contributed by atoms with Gasteiger partial charge < -0.3 is 19.5 Å². The Bertz CT molecular complexity index is 1430. The number of nitrogens with zero attached hydrogens (tertiary/aromatic N) is 1. The first-order chi connectivity index (χ1) is 18.8. The Morgan fingerprint density at radius 1 is 1.05 bits per heavy atom. The van der Waals surface area contributed by atoms with E-state index in [1.165, 1.54) is 31.4 Å². The Kier molecular flexibility index (Phi) is 9.11. The fourth-order valence-electron chi connectivity index (χ4n) is 3.71. The van der Waals surface area contributed by atoms with Gasteiger partial charge in [0.2, 0.25) is 0 Å². The number of methoxy groups -OCH3 is 1. The number of amides is 3. The van der Waals surface area contributed by atoms with Gasteiger partial charge in [-0.2, -0.15) is 0 Å². The third kappa shape index (κ3) is 6.71. The van der Waals surface area contributed by atoms with Gasteiger partial charge in [-0.25, -0.2) is 4.39 Å². The molecule has 39 heavy (non-hydrogen) atoms. The van der Waals surface area contributed by atoms with Gasteiger partial charge in [0.25, 0.3) is 17.1 Å². The molecule has 1 saturated heterocycles. The maximum Gasteiger partial charge on any atom is 0.293 e. The van der Waals surface area contributed by atoms with E-state index in [0.29, 0.717) is 35.1 Å². The second-order valence-electron chi connectivity index (χ2n) is 8.14. The summed E-state index contributed by atoms with van der Waals surface area (Å²) in [4.78, 5) is 39.0. The van der Waals surface area contributed by atoms with Gasteiger partial charge in [0.15, 0.2) is 18.1 Å². The zero-order chi connectivity index (χ0) is 27.9. The number of imide groups is 1. The molecule has 0 aliphatic carbocycles. The third-order valence-corrected chi connectivity index (χ3v) is 6.82. The summed E-state index contributed by atoms with van der Waals surface area (Å²) >= 11 is 6.81. The Morgan fingerprint density at radius 2 is 1.85 bits per heavy atom. The lowest BCUT2D eigenvalue weighted by atomic mass is 10.1. The maximum atomic E-state index is 14.2. The molecule has 1 aliphatic heterocycles. The first-order valence-corrected chi connectivity index (χ1v) is 13.0. The van der Waals surface area contributed by atoms with Crippen molar-refractivity contribution in [3.8, 4) is 17.2 Å². The molecule has 1 aliphatic rings. The number of carbonyl (C=O) groups excluding carboxylic acids is 3. The highest BCUT2D eigenvalue weighted by Crippen LogP contribution is 2.36. The van der Waals surface area contributed by atoms with Crippen LogP contribution < -0.4 is 19.5 Å². The average Bonchev–Trinajstić information content (AvgIpc) is 3.18. The van der Waals surface area contributed by atoms with Crippen molar-refractivity contribution in [1.82, 2.24) is 4.90 Å². The van der Waals surface area contributed by atoms with Crippen LogP contribution >= 0.6 is 23.4 Å². The molecule has 0 aromatic heterocycles. The number of para-hydroxylation sites is 2. The van der Waals surface area contributed by atoms with Crippen molar-refractivity contribution in [1.29, 1.82) is 0 Å². The number of hydrogen-bond donors (Lipinski definition) is 1. The zero-order valence-electron chi connectivity index (χ0n) is 21.0. The molecule has 202 valence electrons. The van der Waals surface area contributed by atoms with Crippen molar-refractivity contribution in [2.75, 3.05) is 25.6 Å². The molecular formula is C28H24ClFN2O6S. The summed E-state index contributed by atoms with van der Waals surface area (Å²) in [5, 5.41) is 2.33. The molecule has 0 saturated carbocycles. The van der Waals surface area contributed by atoms with E-state index < -0.39 is 22.9 Å². The molecule has 4 rings (SSSR count). The predicted molar refractivity (Wildman–Crippen MR) is 148 cm³/mol. The highest BCUT2D eigenvalue weighted by Gasteiger charge is 2.36. The topological polar surface area (TPSA) is 94.2 Å².